The lowest BCUT2D eigenvalue weighted by Crippen LogP contribution is -2.35. The Balaban J connectivity index is 1.94. The van der Waals surface area contributed by atoms with Crippen molar-refractivity contribution in [1.82, 2.24) is 4.90 Å². The number of likely N-dealkylation sites (N-methyl/N-ethyl adjacent to an activating group) is 1. The molecule has 0 radical (unpaired) electrons. The van der Waals surface area contributed by atoms with Gasteiger partial charge in [-0.15, -0.1) is 0 Å². The van der Waals surface area contributed by atoms with E-state index in [4.69, 9.17) is 16.3 Å². The first-order valence-corrected chi connectivity index (χ1v) is 7.88. The molecule has 0 unspecified atom stereocenters. The lowest BCUT2D eigenvalue weighted by Gasteiger charge is -2.18. The Bertz CT molecular complexity index is 765. The first-order valence-electron chi connectivity index (χ1n) is 7.51. The minimum Gasteiger partial charge on any atom is -0.496 e. The third kappa shape index (κ3) is 5.46. The molecule has 2 aromatic carbocycles. The summed E-state index contributed by atoms with van der Waals surface area (Å²) >= 11 is 5.95. The van der Waals surface area contributed by atoms with Gasteiger partial charge in [0.15, 0.2) is 0 Å². The highest BCUT2D eigenvalue weighted by molar-refractivity contribution is 6.30. The maximum Gasteiger partial charge on any atom is 0.243 e. The molecular weight excluding hydrogens is 347 g/mol. The van der Waals surface area contributed by atoms with E-state index in [1.807, 2.05) is 0 Å². The van der Waals surface area contributed by atoms with E-state index in [0.717, 1.165) is 0 Å². The molecule has 1 N–H and O–H groups in total. The zero-order valence-electron chi connectivity index (χ0n) is 13.9. The van der Waals surface area contributed by atoms with Gasteiger partial charge < -0.3 is 15.0 Å². The summed E-state index contributed by atoms with van der Waals surface area (Å²) in [5.41, 5.74) is 1.11. The van der Waals surface area contributed by atoms with Gasteiger partial charge in [0.05, 0.1) is 20.1 Å². The molecule has 132 valence electrons. The van der Waals surface area contributed by atoms with Crippen LogP contribution in [0.3, 0.4) is 0 Å². The van der Waals surface area contributed by atoms with Crippen LogP contribution in [-0.4, -0.2) is 37.4 Å². The number of hydrogen-bond acceptors (Lipinski definition) is 3. The van der Waals surface area contributed by atoms with Gasteiger partial charge in [0, 0.05) is 23.3 Å². The number of anilines is 1. The highest BCUT2D eigenvalue weighted by atomic mass is 35.5. The van der Waals surface area contributed by atoms with Crippen LogP contribution in [0.4, 0.5) is 10.1 Å². The maximum atomic E-state index is 12.9. The van der Waals surface area contributed by atoms with E-state index in [1.54, 1.807) is 18.2 Å². The molecule has 0 saturated heterocycles. The molecule has 0 aliphatic rings. The summed E-state index contributed by atoms with van der Waals surface area (Å²) in [6.07, 6.45) is 0.0596. The van der Waals surface area contributed by atoms with Crippen molar-refractivity contribution in [2.45, 2.75) is 6.42 Å². The topological polar surface area (TPSA) is 58.6 Å². The molecule has 0 heterocycles. The summed E-state index contributed by atoms with van der Waals surface area (Å²) in [5, 5.41) is 3.11. The third-order valence-electron chi connectivity index (χ3n) is 3.52. The van der Waals surface area contributed by atoms with Crippen molar-refractivity contribution >= 4 is 29.1 Å². The van der Waals surface area contributed by atoms with Crippen LogP contribution in [0, 0.1) is 5.82 Å². The molecule has 0 saturated carbocycles. The van der Waals surface area contributed by atoms with E-state index in [2.05, 4.69) is 5.32 Å². The number of hydrogen-bond donors (Lipinski definition) is 1. The highest BCUT2D eigenvalue weighted by Gasteiger charge is 2.16. The van der Waals surface area contributed by atoms with Crippen LogP contribution < -0.4 is 10.1 Å². The van der Waals surface area contributed by atoms with Gasteiger partial charge in [-0.05, 0) is 42.5 Å². The molecule has 0 aliphatic carbocycles. The standard InChI is InChI=1S/C18H18ClFN2O3/c1-22(11-17(23)21-15-6-4-14(20)5-7-15)18(24)10-12-9-13(19)3-8-16(12)25-2/h3-9H,10-11H2,1-2H3,(H,21,23). The summed E-state index contributed by atoms with van der Waals surface area (Å²) in [5.74, 6) is -0.460. The number of amides is 2. The number of methoxy groups -OCH3 is 1. The van der Waals surface area contributed by atoms with Gasteiger partial charge in [-0.3, -0.25) is 9.59 Å². The number of carbonyl (C=O) groups is 2. The van der Waals surface area contributed by atoms with Crippen molar-refractivity contribution in [3.63, 3.8) is 0 Å². The van der Waals surface area contributed by atoms with Gasteiger partial charge in [-0.1, -0.05) is 11.6 Å². The molecule has 0 bridgehead atoms. The zero-order chi connectivity index (χ0) is 18.4. The summed E-state index contributed by atoms with van der Waals surface area (Å²) in [6.45, 7) is -0.126. The van der Waals surface area contributed by atoms with Crippen molar-refractivity contribution in [1.29, 1.82) is 0 Å². The van der Waals surface area contributed by atoms with E-state index in [9.17, 15) is 14.0 Å². The number of rotatable bonds is 6. The monoisotopic (exact) mass is 364 g/mol. The van der Waals surface area contributed by atoms with Crippen molar-refractivity contribution in [3.05, 3.63) is 58.9 Å². The molecule has 2 aromatic rings. The Kier molecular flexibility index (Phi) is 6.36. The molecule has 2 rings (SSSR count). The van der Waals surface area contributed by atoms with E-state index in [1.165, 1.54) is 43.3 Å². The Morgan fingerprint density at radius 1 is 1.20 bits per heavy atom. The van der Waals surface area contributed by atoms with E-state index < -0.39 is 0 Å². The van der Waals surface area contributed by atoms with Crippen LogP contribution in [0.25, 0.3) is 0 Å². The van der Waals surface area contributed by atoms with Crippen LogP contribution >= 0.6 is 11.6 Å². The summed E-state index contributed by atoms with van der Waals surface area (Å²) in [4.78, 5) is 25.6. The second-order valence-electron chi connectivity index (χ2n) is 5.44. The molecule has 0 fully saturated rings. The predicted molar refractivity (Wildman–Crippen MR) is 94.4 cm³/mol. The molecule has 7 heteroatoms. The van der Waals surface area contributed by atoms with Gasteiger partial charge in [0.1, 0.15) is 11.6 Å². The average Bonchev–Trinajstić information content (AvgIpc) is 2.57. The largest absolute Gasteiger partial charge is 0.496 e. The highest BCUT2D eigenvalue weighted by Crippen LogP contribution is 2.23. The second kappa shape index (κ2) is 8.48. The minimum atomic E-state index is -0.388. The predicted octanol–water partition coefficient (Wildman–Crippen LogP) is 3.13. The maximum absolute atomic E-state index is 12.9. The molecule has 0 atom stereocenters. The summed E-state index contributed by atoms with van der Waals surface area (Å²) < 4.78 is 18.1. The van der Waals surface area contributed by atoms with Gasteiger partial charge in [0.25, 0.3) is 0 Å². The Hall–Kier alpha value is -2.60. The molecule has 0 aromatic heterocycles. The summed E-state index contributed by atoms with van der Waals surface area (Å²) in [7, 11) is 3.04. The molecule has 25 heavy (non-hydrogen) atoms. The fraction of sp³-hybridized carbons (Fsp3) is 0.222. The molecular formula is C18H18ClFN2O3. The quantitative estimate of drug-likeness (QED) is 0.856. The van der Waals surface area contributed by atoms with Crippen molar-refractivity contribution in [3.8, 4) is 5.75 Å². The van der Waals surface area contributed by atoms with Crippen LogP contribution in [0.5, 0.6) is 5.75 Å². The normalized spacial score (nSPS) is 10.2. The van der Waals surface area contributed by atoms with Gasteiger partial charge >= 0.3 is 0 Å². The van der Waals surface area contributed by atoms with E-state index >= 15 is 0 Å². The minimum absolute atomic E-state index is 0.0596. The SMILES string of the molecule is COc1ccc(Cl)cc1CC(=O)N(C)CC(=O)Nc1ccc(F)cc1. The van der Waals surface area contributed by atoms with Crippen LogP contribution in [0.15, 0.2) is 42.5 Å². The molecule has 0 aliphatic heterocycles. The van der Waals surface area contributed by atoms with Crippen LogP contribution in [0.2, 0.25) is 5.02 Å². The Morgan fingerprint density at radius 3 is 2.52 bits per heavy atom. The van der Waals surface area contributed by atoms with E-state index in [-0.39, 0.29) is 30.6 Å². The number of nitrogens with zero attached hydrogens (tertiary/aromatic N) is 1. The molecule has 2 amide bonds. The van der Waals surface area contributed by atoms with Crippen molar-refractivity contribution < 1.29 is 18.7 Å². The molecule has 5 nitrogen and oxygen atoms in total. The first kappa shape index (κ1) is 18.7. The molecule has 0 spiro atoms. The Labute approximate surface area is 150 Å². The van der Waals surface area contributed by atoms with Crippen molar-refractivity contribution in [2.24, 2.45) is 0 Å². The number of benzene rings is 2. The smallest absolute Gasteiger partial charge is 0.243 e. The fourth-order valence-electron chi connectivity index (χ4n) is 2.22. The number of carbonyl (C=O) groups excluding carboxylic acids is 2. The fourth-order valence-corrected chi connectivity index (χ4v) is 2.42. The van der Waals surface area contributed by atoms with Crippen molar-refractivity contribution in [2.75, 3.05) is 26.0 Å². The summed E-state index contributed by atoms with van der Waals surface area (Å²) in [6, 6.07) is 10.4. The Morgan fingerprint density at radius 2 is 1.88 bits per heavy atom. The average molecular weight is 365 g/mol. The second-order valence-corrected chi connectivity index (χ2v) is 5.87. The number of ether oxygens (including phenoxy) is 1. The van der Waals surface area contributed by atoms with E-state index in [0.29, 0.717) is 22.0 Å². The lowest BCUT2D eigenvalue weighted by atomic mass is 10.1. The zero-order valence-corrected chi connectivity index (χ0v) is 14.6. The number of halogens is 2. The third-order valence-corrected chi connectivity index (χ3v) is 3.75. The van der Waals surface area contributed by atoms with Gasteiger partial charge in [0.2, 0.25) is 11.8 Å². The lowest BCUT2D eigenvalue weighted by molar-refractivity contribution is -0.132. The number of nitrogens with one attached hydrogen (secondary N) is 1. The van der Waals surface area contributed by atoms with Gasteiger partial charge in [-0.2, -0.15) is 0 Å². The van der Waals surface area contributed by atoms with Gasteiger partial charge in [-0.25, -0.2) is 4.39 Å². The van der Waals surface area contributed by atoms with Crippen LogP contribution in [-0.2, 0) is 16.0 Å². The first-order chi connectivity index (χ1) is 11.9. The van der Waals surface area contributed by atoms with Crippen LogP contribution in [0.1, 0.15) is 5.56 Å².